The number of ether oxygens (including phenoxy) is 2. The van der Waals surface area contributed by atoms with E-state index in [4.69, 9.17) is 9.47 Å². The molecule has 0 unspecified atom stereocenters. The van der Waals surface area contributed by atoms with Gasteiger partial charge in [0.1, 0.15) is 0 Å². The first kappa shape index (κ1) is 28.3. The van der Waals surface area contributed by atoms with E-state index in [0.717, 1.165) is 29.0 Å². The van der Waals surface area contributed by atoms with Gasteiger partial charge in [-0.2, -0.15) is 13.5 Å². The predicted molar refractivity (Wildman–Crippen MR) is 163 cm³/mol. The van der Waals surface area contributed by atoms with Gasteiger partial charge in [-0.05, 0) is 122 Å². The third kappa shape index (κ3) is 6.02. The van der Waals surface area contributed by atoms with Gasteiger partial charge in [-0.25, -0.2) is 4.83 Å². The number of hydrogen-bond acceptors (Lipinski definition) is 6. The van der Waals surface area contributed by atoms with E-state index in [1.165, 1.54) is 69.5 Å². The van der Waals surface area contributed by atoms with Crippen LogP contribution in [0, 0.1) is 24.7 Å². The number of rotatable bonds is 10. The molecule has 8 nitrogen and oxygen atoms in total. The van der Waals surface area contributed by atoms with Crippen LogP contribution in [0.25, 0.3) is 0 Å². The molecule has 4 aliphatic rings. The molecule has 3 aromatic carbocycles. The molecule has 42 heavy (non-hydrogen) atoms. The van der Waals surface area contributed by atoms with Crippen LogP contribution in [0.1, 0.15) is 55.2 Å². The number of carbonyl (C=O) groups excluding carboxylic acids is 1. The summed E-state index contributed by atoms with van der Waals surface area (Å²) in [6.45, 7) is 1.70. The normalized spacial score (nSPS) is 24.5. The SMILES string of the molecule is COc1cc(/C=N\NS(=O)(=O)c2ccc(C)cc2)ccc1OCC(=O)Nc1ccc(C23CC4CC(CC(C4)C2)C3)cc1. The second kappa shape index (κ2) is 11.4. The lowest BCUT2D eigenvalue weighted by Gasteiger charge is -2.57. The first-order valence-electron chi connectivity index (χ1n) is 14.5. The Kier molecular flexibility index (Phi) is 7.70. The zero-order chi connectivity index (χ0) is 29.3. The third-order valence-corrected chi connectivity index (χ3v) is 10.3. The van der Waals surface area contributed by atoms with Crippen molar-refractivity contribution in [3.63, 3.8) is 0 Å². The van der Waals surface area contributed by atoms with Crippen LogP contribution in [0.2, 0.25) is 0 Å². The largest absolute Gasteiger partial charge is 0.493 e. The fourth-order valence-corrected chi connectivity index (χ4v) is 8.33. The summed E-state index contributed by atoms with van der Waals surface area (Å²) in [5, 5.41) is 6.80. The molecule has 0 aliphatic heterocycles. The third-order valence-electron chi connectivity index (χ3n) is 9.08. The minimum absolute atomic E-state index is 0.128. The Balaban J connectivity index is 1.03. The van der Waals surface area contributed by atoms with Gasteiger partial charge in [0.05, 0.1) is 18.2 Å². The van der Waals surface area contributed by atoms with Crippen LogP contribution in [-0.4, -0.2) is 34.3 Å². The Bertz CT molecular complexity index is 1550. The Morgan fingerprint density at radius 3 is 2.19 bits per heavy atom. The molecule has 1 amide bonds. The second-order valence-corrected chi connectivity index (χ2v) is 13.8. The maximum absolute atomic E-state index is 12.7. The monoisotopic (exact) mass is 587 g/mol. The quantitative estimate of drug-likeness (QED) is 0.230. The summed E-state index contributed by atoms with van der Waals surface area (Å²) in [4.78, 5) is 15.0. The van der Waals surface area contributed by atoms with Crippen LogP contribution >= 0.6 is 0 Å². The first-order valence-corrected chi connectivity index (χ1v) is 16.0. The van der Waals surface area contributed by atoms with E-state index in [-0.39, 0.29) is 17.4 Å². The number of hydrogen-bond donors (Lipinski definition) is 2. The van der Waals surface area contributed by atoms with Crippen LogP contribution in [0.4, 0.5) is 5.69 Å². The van der Waals surface area contributed by atoms with E-state index >= 15 is 0 Å². The van der Waals surface area contributed by atoms with E-state index in [9.17, 15) is 13.2 Å². The van der Waals surface area contributed by atoms with Crippen LogP contribution < -0.4 is 19.6 Å². The molecule has 3 aromatic rings. The van der Waals surface area contributed by atoms with Crippen molar-refractivity contribution in [2.75, 3.05) is 19.0 Å². The Morgan fingerprint density at radius 1 is 0.929 bits per heavy atom. The lowest BCUT2D eigenvalue weighted by atomic mass is 9.48. The van der Waals surface area contributed by atoms with Crippen molar-refractivity contribution in [1.29, 1.82) is 0 Å². The van der Waals surface area contributed by atoms with Gasteiger partial charge in [-0.3, -0.25) is 4.79 Å². The molecule has 7 rings (SSSR count). The van der Waals surface area contributed by atoms with Crippen molar-refractivity contribution < 1.29 is 22.7 Å². The number of nitrogens with one attached hydrogen (secondary N) is 2. The average molecular weight is 588 g/mol. The lowest BCUT2D eigenvalue weighted by molar-refractivity contribution is -0.118. The van der Waals surface area contributed by atoms with Gasteiger partial charge < -0.3 is 14.8 Å². The number of sulfonamides is 1. The van der Waals surface area contributed by atoms with E-state index in [0.29, 0.717) is 22.5 Å². The molecule has 2 N–H and O–H groups in total. The Morgan fingerprint density at radius 2 is 1.57 bits per heavy atom. The van der Waals surface area contributed by atoms with Gasteiger partial charge in [0.2, 0.25) is 0 Å². The molecule has 4 saturated carbocycles. The highest BCUT2D eigenvalue weighted by molar-refractivity contribution is 7.89. The average Bonchev–Trinajstić information content (AvgIpc) is 2.96. The number of nitrogens with zero attached hydrogens (tertiary/aromatic N) is 1. The fourth-order valence-electron chi connectivity index (χ4n) is 7.54. The molecule has 4 bridgehead atoms. The van der Waals surface area contributed by atoms with Crippen molar-refractivity contribution in [3.8, 4) is 11.5 Å². The van der Waals surface area contributed by atoms with E-state index in [2.05, 4.69) is 27.4 Å². The highest BCUT2D eigenvalue weighted by Gasteiger charge is 2.51. The number of methoxy groups -OCH3 is 1. The topological polar surface area (TPSA) is 106 Å². The number of anilines is 1. The molecule has 220 valence electrons. The molecule has 9 heteroatoms. The molecule has 0 radical (unpaired) electrons. The molecule has 0 atom stereocenters. The number of aryl methyl sites for hydroxylation is 1. The molecular weight excluding hydrogens is 550 g/mol. The molecule has 4 aliphatic carbocycles. The van der Waals surface area contributed by atoms with Crippen molar-refractivity contribution in [1.82, 2.24) is 4.83 Å². The van der Waals surface area contributed by atoms with Crippen molar-refractivity contribution >= 4 is 27.8 Å². The van der Waals surface area contributed by atoms with Gasteiger partial charge in [0.25, 0.3) is 15.9 Å². The maximum Gasteiger partial charge on any atom is 0.276 e. The summed E-state index contributed by atoms with van der Waals surface area (Å²) < 4.78 is 36.0. The number of carbonyl (C=O) groups is 1. The van der Waals surface area contributed by atoms with Crippen LogP contribution in [-0.2, 0) is 20.2 Å². The fraction of sp³-hybridized carbons (Fsp3) is 0.394. The van der Waals surface area contributed by atoms with Gasteiger partial charge in [-0.1, -0.05) is 29.8 Å². The van der Waals surface area contributed by atoms with Gasteiger partial charge in [0, 0.05) is 5.69 Å². The smallest absolute Gasteiger partial charge is 0.276 e. The van der Waals surface area contributed by atoms with E-state index < -0.39 is 10.0 Å². The van der Waals surface area contributed by atoms with Gasteiger partial charge >= 0.3 is 0 Å². The number of benzene rings is 3. The zero-order valence-electron chi connectivity index (χ0n) is 24.0. The van der Waals surface area contributed by atoms with E-state index in [1.807, 2.05) is 19.1 Å². The molecule has 0 spiro atoms. The van der Waals surface area contributed by atoms with Crippen LogP contribution in [0.5, 0.6) is 11.5 Å². The molecule has 4 fully saturated rings. The highest BCUT2D eigenvalue weighted by atomic mass is 32.2. The summed E-state index contributed by atoms with van der Waals surface area (Å²) in [5.41, 5.74) is 4.06. The lowest BCUT2D eigenvalue weighted by Crippen LogP contribution is -2.48. The first-order chi connectivity index (χ1) is 20.2. The number of amides is 1. The minimum Gasteiger partial charge on any atom is -0.493 e. The van der Waals surface area contributed by atoms with Gasteiger partial charge in [0.15, 0.2) is 18.1 Å². The molecular formula is C33H37N3O5S. The summed E-state index contributed by atoms with van der Waals surface area (Å²) >= 11 is 0. The standard InChI is InChI=1S/C33H37N3O5S/c1-22-3-10-29(11-4-22)42(38,39)36-34-20-23-5-12-30(31(16-23)40-2)41-21-32(37)35-28-8-6-27(7-9-28)33-17-24-13-25(18-33)15-26(14-24)19-33/h3-12,16,20,24-26,36H,13-15,17-19,21H2,1-2H3,(H,35,37)/b34-20-. The van der Waals surface area contributed by atoms with Crippen molar-refractivity contribution in [2.45, 2.75) is 55.8 Å². The van der Waals surface area contributed by atoms with E-state index in [1.54, 1.807) is 30.3 Å². The van der Waals surface area contributed by atoms with Crippen LogP contribution in [0.3, 0.4) is 0 Å². The molecule has 0 heterocycles. The summed E-state index contributed by atoms with van der Waals surface area (Å²) in [6, 6.07) is 19.9. The van der Waals surface area contributed by atoms with Crippen LogP contribution in [0.15, 0.2) is 76.7 Å². The summed E-state index contributed by atoms with van der Waals surface area (Å²) in [5.74, 6) is 3.19. The highest BCUT2D eigenvalue weighted by Crippen LogP contribution is 2.60. The zero-order valence-corrected chi connectivity index (χ0v) is 24.8. The molecule has 0 saturated heterocycles. The Labute approximate surface area is 247 Å². The predicted octanol–water partition coefficient (Wildman–Crippen LogP) is 5.80. The molecule has 0 aromatic heterocycles. The summed E-state index contributed by atoms with van der Waals surface area (Å²) in [7, 11) is -2.28. The maximum atomic E-state index is 12.7. The Hall–Kier alpha value is -3.85. The minimum atomic E-state index is -3.78. The van der Waals surface area contributed by atoms with Gasteiger partial charge in [-0.15, -0.1) is 0 Å². The number of hydrazone groups is 1. The van der Waals surface area contributed by atoms with Crippen molar-refractivity contribution in [3.05, 3.63) is 83.4 Å². The second-order valence-electron chi connectivity index (χ2n) is 12.2. The summed E-state index contributed by atoms with van der Waals surface area (Å²) in [6.07, 6.45) is 9.58. The van der Waals surface area contributed by atoms with Crippen molar-refractivity contribution in [2.24, 2.45) is 22.9 Å².